The molecule has 0 aliphatic heterocycles. The SMILES string of the molecule is CCc1cccc(CC)c1NC(=O)COc1ccc(S(=O)(=O)Nc2ccccc2)cc1. The first-order chi connectivity index (χ1) is 14.9. The molecule has 7 heteroatoms. The van der Waals surface area contributed by atoms with Crippen LogP contribution in [0, 0.1) is 0 Å². The predicted molar refractivity (Wildman–Crippen MR) is 123 cm³/mol. The van der Waals surface area contributed by atoms with E-state index in [1.807, 2.05) is 38.1 Å². The van der Waals surface area contributed by atoms with Gasteiger partial charge in [0.2, 0.25) is 0 Å². The van der Waals surface area contributed by atoms with Crippen LogP contribution < -0.4 is 14.8 Å². The van der Waals surface area contributed by atoms with Crippen molar-refractivity contribution in [2.45, 2.75) is 31.6 Å². The number of nitrogens with one attached hydrogen (secondary N) is 2. The molecule has 162 valence electrons. The summed E-state index contributed by atoms with van der Waals surface area (Å²) in [4.78, 5) is 12.5. The van der Waals surface area contributed by atoms with Crippen LogP contribution in [0.5, 0.6) is 5.75 Å². The zero-order valence-electron chi connectivity index (χ0n) is 17.6. The summed E-state index contributed by atoms with van der Waals surface area (Å²) >= 11 is 0. The number of para-hydroxylation sites is 2. The second-order valence-corrected chi connectivity index (χ2v) is 8.62. The van der Waals surface area contributed by atoms with Gasteiger partial charge in [-0.3, -0.25) is 9.52 Å². The zero-order chi connectivity index (χ0) is 22.3. The van der Waals surface area contributed by atoms with Crippen molar-refractivity contribution in [1.29, 1.82) is 0 Å². The van der Waals surface area contributed by atoms with E-state index in [-0.39, 0.29) is 17.4 Å². The van der Waals surface area contributed by atoms with Crippen LogP contribution >= 0.6 is 0 Å². The zero-order valence-corrected chi connectivity index (χ0v) is 18.4. The lowest BCUT2D eigenvalue weighted by molar-refractivity contribution is -0.118. The van der Waals surface area contributed by atoms with Gasteiger partial charge >= 0.3 is 0 Å². The number of anilines is 2. The molecule has 0 aromatic heterocycles. The molecular weight excluding hydrogens is 412 g/mol. The lowest BCUT2D eigenvalue weighted by atomic mass is 10.0. The maximum Gasteiger partial charge on any atom is 0.262 e. The van der Waals surface area contributed by atoms with Crippen molar-refractivity contribution < 1.29 is 17.9 Å². The highest BCUT2D eigenvalue weighted by Gasteiger charge is 2.15. The van der Waals surface area contributed by atoms with E-state index in [4.69, 9.17) is 4.74 Å². The van der Waals surface area contributed by atoms with E-state index < -0.39 is 10.0 Å². The molecule has 1 amide bonds. The summed E-state index contributed by atoms with van der Waals surface area (Å²) in [7, 11) is -3.70. The molecule has 0 saturated carbocycles. The van der Waals surface area contributed by atoms with Crippen molar-refractivity contribution in [3.8, 4) is 5.75 Å². The van der Waals surface area contributed by atoms with Crippen LogP contribution in [0.2, 0.25) is 0 Å². The van der Waals surface area contributed by atoms with Crippen molar-refractivity contribution in [3.63, 3.8) is 0 Å². The van der Waals surface area contributed by atoms with Crippen LogP contribution in [0.3, 0.4) is 0 Å². The summed E-state index contributed by atoms with van der Waals surface area (Å²) in [6.07, 6.45) is 1.63. The Morgan fingerprint density at radius 3 is 2.03 bits per heavy atom. The first kappa shape index (κ1) is 22.4. The maximum absolute atomic E-state index is 12.5. The second-order valence-electron chi connectivity index (χ2n) is 6.94. The van der Waals surface area contributed by atoms with Gasteiger partial charge < -0.3 is 10.1 Å². The Morgan fingerprint density at radius 2 is 1.45 bits per heavy atom. The summed E-state index contributed by atoms with van der Waals surface area (Å²) in [5.74, 6) is 0.145. The molecule has 0 radical (unpaired) electrons. The molecule has 0 atom stereocenters. The highest BCUT2D eigenvalue weighted by atomic mass is 32.2. The fourth-order valence-electron chi connectivity index (χ4n) is 3.16. The molecule has 6 nitrogen and oxygen atoms in total. The van der Waals surface area contributed by atoms with Gasteiger partial charge in [0.25, 0.3) is 15.9 Å². The summed E-state index contributed by atoms with van der Waals surface area (Å²) in [5, 5.41) is 2.94. The van der Waals surface area contributed by atoms with Crippen molar-refractivity contribution in [2.24, 2.45) is 0 Å². The Bertz CT molecular complexity index is 1110. The van der Waals surface area contributed by atoms with Gasteiger partial charge in [-0.25, -0.2) is 8.42 Å². The van der Waals surface area contributed by atoms with E-state index in [9.17, 15) is 13.2 Å². The molecule has 0 aliphatic rings. The topological polar surface area (TPSA) is 84.5 Å². The van der Waals surface area contributed by atoms with Gasteiger partial charge in [0.05, 0.1) is 4.90 Å². The molecule has 0 saturated heterocycles. The number of ether oxygens (including phenoxy) is 1. The highest BCUT2D eigenvalue weighted by Crippen LogP contribution is 2.23. The van der Waals surface area contributed by atoms with E-state index in [2.05, 4.69) is 10.0 Å². The van der Waals surface area contributed by atoms with Crippen LogP contribution in [0.25, 0.3) is 0 Å². The molecule has 3 rings (SSSR count). The molecule has 0 aliphatic carbocycles. The molecule has 31 heavy (non-hydrogen) atoms. The molecule has 0 heterocycles. The average Bonchev–Trinajstić information content (AvgIpc) is 2.78. The van der Waals surface area contributed by atoms with Gasteiger partial charge in [-0.2, -0.15) is 0 Å². The minimum Gasteiger partial charge on any atom is -0.484 e. The van der Waals surface area contributed by atoms with E-state index in [0.717, 1.165) is 29.7 Å². The van der Waals surface area contributed by atoms with Crippen LogP contribution in [0.4, 0.5) is 11.4 Å². The Labute approximate surface area is 183 Å². The molecule has 0 bridgehead atoms. The Balaban J connectivity index is 1.61. The Kier molecular flexibility index (Phi) is 7.31. The third-order valence-corrected chi connectivity index (χ3v) is 6.19. The van der Waals surface area contributed by atoms with E-state index >= 15 is 0 Å². The van der Waals surface area contributed by atoms with Crippen LogP contribution in [0.1, 0.15) is 25.0 Å². The van der Waals surface area contributed by atoms with Gasteiger partial charge in [0, 0.05) is 11.4 Å². The molecule has 3 aromatic carbocycles. The molecule has 0 unspecified atom stereocenters. The highest BCUT2D eigenvalue weighted by molar-refractivity contribution is 7.92. The maximum atomic E-state index is 12.5. The molecule has 3 aromatic rings. The van der Waals surface area contributed by atoms with Crippen LogP contribution in [0.15, 0.2) is 77.7 Å². The molecule has 0 spiro atoms. The second kappa shape index (κ2) is 10.1. The smallest absolute Gasteiger partial charge is 0.262 e. The van der Waals surface area contributed by atoms with Gasteiger partial charge in [-0.05, 0) is 60.4 Å². The monoisotopic (exact) mass is 438 g/mol. The molecule has 2 N–H and O–H groups in total. The van der Waals surface area contributed by atoms with E-state index in [1.165, 1.54) is 24.3 Å². The van der Waals surface area contributed by atoms with Crippen molar-refractivity contribution in [1.82, 2.24) is 0 Å². The number of hydrogen-bond acceptors (Lipinski definition) is 4. The van der Waals surface area contributed by atoms with E-state index in [1.54, 1.807) is 24.3 Å². The first-order valence-corrected chi connectivity index (χ1v) is 11.6. The number of hydrogen-bond donors (Lipinski definition) is 2. The summed E-state index contributed by atoms with van der Waals surface area (Å²) in [5.41, 5.74) is 3.48. The lowest BCUT2D eigenvalue weighted by Crippen LogP contribution is -2.21. The molecule has 0 fully saturated rings. The number of rotatable bonds is 9. The van der Waals surface area contributed by atoms with Crippen molar-refractivity contribution in [3.05, 3.63) is 83.9 Å². The molecular formula is C24H26N2O4S. The van der Waals surface area contributed by atoms with Gasteiger partial charge in [0.1, 0.15) is 5.75 Å². The number of sulfonamides is 1. The van der Waals surface area contributed by atoms with Crippen molar-refractivity contribution in [2.75, 3.05) is 16.6 Å². The average molecular weight is 439 g/mol. The largest absolute Gasteiger partial charge is 0.484 e. The number of aryl methyl sites for hydroxylation is 2. The Hall–Kier alpha value is -3.32. The fourth-order valence-corrected chi connectivity index (χ4v) is 4.22. The standard InChI is InChI=1S/C24H26N2O4S/c1-3-18-9-8-10-19(4-2)24(18)25-23(27)17-30-21-13-15-22(16-14-21)31(28,29)26-20-11-6-5-7-12-20/h5-16,26H,3-4,17H2,1-2H3,(H,25,27). The minimum atomic E-state index is -3.70. The minimum absolute atomic E-state index is 0.109. The normalized spacial score (nSPS) is 11.0. The van der Waals surface area contributed by atoms with Crippen LogP contribution in [-0.4, -0.2) is 20.9 Å². The summed E-state index contributed by atoms with van der Waals surface area (Å²) < 4.78 is 33.0. The van der Waals surface area contributed by atoms with Gasteiger partial charge in [-0.1, -0.05) is 50.2 Å². The number of carbonyl (C=O) groups excluding carboxylic acids is 1. The first-order valence-electron chi connectivity index (χ1n) is 10.1. The number of benzene rings is 3. The number of carbonyl (C=O) groups is 1. The van der Waals surface area contributed by atoms with Crippen molar-refractivity contribution >= 4 is 27.3 Å². The number of amides is 1. The van der Waals surface area contributed by atoms with Gasteiger partial charge in [-0.15, -0.1) is 0 Å². The van der Waals surface area contributed by atoms with E-state index in [0.29, 0.717) is 11.4 Å². The third-order valence-electron chi connectivity index (χ3n) is 4.79. The van der Waals surface area contributed by atoms with Gasteiger partial charge in [0.15, 0.2) is 6.61 Å². The summed E-state index contributed by atoms with van der Waals surface area (Å²) in [6.45, 7) is 3.92. The Morgan fingerprint density at radius 1 is 0.839 bits per heavy atom. The summed E-state index contributed by atoms with van der Waals surface area (Å²) in [6, 6.07) is 20.6. The lowest BCUT2D eigenvalue weighted by Gasteiger charge is -2.15. The fraction of sp³-hybridized carbons (Fsp3) is 0.208. The quantitative estimate of drug-likeness (QED) is 0.510. The predicted octanol–water partition coefficient (Wildman–Crippen LogP) is 4.63. The third kappa shape index (κ3) is 5.86. The van der Waals surface area contributed by atoms with Crippen LogP contribution in [-0.2, 0) is 27.7 Å².